The maximum absolute atomic E-state index is 5.80. The van der Waals surface area contributed by atoms with Gasteiger partial charge in [-0.2, -0.15) is 4.40 Å². The Kier molecular flexibility index (Phi) is 3.47. The molecule has 1 aromatic rings. The van der Waals surface area contributed by atoms with E-state index < -0.39 is 0 Å². The van der Waals surface area contributed by atoms with Gasteiger partial charge < -0.3 is 9.64 Å². The van der Waals surface area contributed by atoms with Crippen LogP contribution < -0.4 is 4.74 Å². The molecule has 0 radical (unpaired) electrons. The van der Waals surface area contributed by atoms with Crippen LogP contribution in [0.4, 0.5) is 0 Å². The van der Waals surface area contributed by atoms with E-state index in [0.29, 0.717) is 0 Å². The topological polar surface area (TPSA) is 24.8 Å². The van der Waals surface area contributed by atoms with Crippen molar-refractivity contribution in [3.63, 3.8) is 0 Å². The van der Waals surface area contributed by atoms with E-state index in [9.17, 15) is 0 Å². The summed E-state index contributed by atoms with van der Waals surface area (Å²) in [4.78, 5) is 2.23. The number of fused-ring (bicyclic) bond motifs is 1. The van der Waals surface area contributed by atoms with Gasteiger partial charge in [-0.1, -0.05) is 12.1 Å². The van der Waals surface area contributed by atoms with Crippen molar-refractivity contribution in [3.8, 4) is 5.75 Å². The number of rotatable bonds is 4. The molecule has 3 aliphatic rings. The van der Waals surface area contributed by atoms with Gasteiger partial charge in [-0.3, -0.25) is 0 Å². The summed E-state index contributed by atoms with van der Waals surface area (Å²) in [5.41, 5.74) is 2.39. The largest absolute Gasteiger partial charge is 0.493 e. The summed E-state index contributed by atoms with van der Waals surface area (Å²) in [5, 5.41) is 0. The lowest BCUT2D eigenvalue weighted by Gasteiger charge is -2.29. The molecule has 0 unspecified atom stereocenters. The standard InChI is InChI=1S/C17H18N2OS/c1-2-16(17-18-21-11-10-19(17)9-1)14-5-7-15(8-6-14)20-12-13-3-4-13/h1-2,5-9,13H,3-4,10-12H2. The fraction of sp³-hybridized carbons (Fsp3) is 0.353. The smallest absolute Gasteiger partial charge is 0.148 e. The zero-order valence-electron chi connectivity index (χ0n) is 11.9. The Morgan fingerprint density at radius 1 is 1.24 bits per heavy atom. The number of allylic oxidation sites excluding steroid dienone is 2. The molecule has 1 aromatic carbocycles. The summed E-state index contributed by atoms with van der Waals surface area (Å²) in [6.45, 7) is 1.89. The molecule has 0 bridgehead atoms. The first-order valence-electron chi connectivity index (χ1n) is 7.49. The normalized spacial score (nSPS) is 20.7. The Morgan fingerprint density at radius 3 is 2.90 bits per heavy atom. The van der Waals surface area contributed by atoms with Gasteiger partial charge in [0.15, 0.2) is 0 Å². The molecule has 1 aliphatic carbocycles. The summed E-state index contributed by atoms with van der Waals surface area (Å²) in [6, 6.07) is 8.40. The maximum atomic E-state index is 5.80. The van der Waals surface area contributed by atoms with Gasteiger partial charge >= 0.3 is 0 Å². The number of nitrogens with zero attached hydrogens (tertiary/aromatic N) is 2. The highest BCUT2D eigenvalue weighted by molar-refractivity contribution is 7.98. The molecule has 21 heavy (non-hydrogen) atoms. The molecule has 108 valence electrons. The molecule has 0 saturated heterocycles. The first kappa shape index (κ1) is 13.0. The van der Waals surface area contributed by atoms with E-state index in [0.717, 1.165) is 36.4 Å². The van der Waals surface area contributed by atoms with Crippen molar-refractivity contribution >= 4 is 23.4 Å². The Hall–Kier alpha value is -1.68. The molecule has 3 nitrogen and oxygen atoms in total. The van der Waals surface area contributed by atoms with Crippen molar-refractivity contribution < 1.29 is 4.74 Å². The molecule has 4 heteroatoms. The average Bonchev–Trinajstić information content (AvgIpc) is 3.37. The van der Waals surface area contributed by atoms with Crippen molar-refractivity contribution in [2.24, 2.45) is 10.3 Å². The third kappa shape index (κ3) is 2.86. The van der Waals surface area contributed by atoms with Crippen molar-refractivity contribution in [1.29, 1.82) is 0 Å². The predicted octanol–water partition coefficient (Wildman–Crippen LogP) is 3.75. The Balaban J connectivity index is 1.53. The lowest BCUT2D eigenvalue weighted by Crippen LogP contribution is -2.32. The van der Waals surface area contributed by atoms with Gasteiger partial charge in [0, 0.05) is 24.1 Å². The highest BCUT2D eigenvalue weighted by Gasteiger charge is 2.23. The second-order valence-electron chi connectivity index (χ2n) is 5.64. The monoisotopic (exact) mass is 298 g/mol. The van der Waals surface area contributed by atoms with Crippen molar-refractivity contribution in [2.45, 2.75) is 12.8 Å². The van der Waals surface area contributed by atoms with Crippen LogP contribution in [0, 0.1) is 5.92 Å². The predicted molar refractivity (Wildman–Crippen MR) is 88.4 cm³/mol. The van der Waals surface area contributed by atoms with Gasteiger partial charge in [0.1, 0.15) is 11.6 Å². The average molecular weight is 298 g/mol. The molecule has 2 aliphatic heterocycles. The Labute approximate surface area is 129 Å². The number of amidine groups is 1. The van der Waals surface area contributed by atoms with E-state index in [1.54, 1.807) is 11.9 Å². The lowest BCUT2D eigenvalue weighted by atomic mass is 10.0. The van der Waals surface area contributed by atoms with E-state index in [-0.39, 0.29) is 0 Å². The molecule has 0 aromatic heterocycles. The third-order valence-corrected chi connectivity index (χ3v) is 4.63. The van der Waals surface area contributed by atoms with Crippen LogP contribution in [0.15, 0.2) is 47.0 Å². The van der Waals surface area contributed by atoms with Gasteiger partial charge in [-0.25, -0.2) is 0 Å². The zero-order chi connectivity index (χ0) is 14.1. The molecule has 0 amide bonds. The van der Waals surface area contributed by atoms with E-state index in [1.165, 1.54) is 24.0 Å². The van der Waals surface area contributed by atoms with E-state index in [2.05, 4.69) is 51.9 Å². The van der Waals surface area contributed by atoms with Crippen molar-refractivity contribution in [1.82, 2.24) is 4.90 Å². The molecule has 0 N–H and O–H groups in total. The number of benzene rings is 1. The van der Waals surface area contributed by atoms with Crippen molar-refractivity contribution in [2.75, 3.05) is 18.9 Å². The van der Waals surface area contributed by atoms with Gasteiger partial charge in [-0.15, -0.1) is 0 Å². The first-order valence-corrected chi connectivity index (χ1v) is 8.43. The summed E-state index contributed by atoms with van der Waals surface area (Å²) < 4.78 is 10.4. The second kappa shape index (κ2) is 5.60. The number of ether oxygens (including phenoxy) is 1. The molecule has 1 saturated carbocycles. The van der Waals surface area contributed by atoms with Crippen LogP contribution in [0.1, 0.15) is 18.4 Å². The third-order valence-electron chi connectivity index (χ3n) is 3.96. The summed E-state index contributed by atoms with van der Waals surface area (Å²) in [5.74, 6) is 3.88. The highest BCUT2D eigenvalue weighted by Crippen LogP contribution is 2.31. The number of hydrogen-bond acceptors (Lipinski definition) is 4. The summed E-state index contributed by atoms with van der Waals surface area (Å²) in [6.07, 6.45) is 8.99. The molecule has 0 spiro atoms. The first-order chi connectivity index (χ1) is 10.4. The highest BCUT2D eigenvalue weighted by atomic mass is 32.2. The van der Waals surface area contributed by atoms with Crippen molar-refractivity contribution in [3.05, 3.63) is 48.2 Å². The minimum absolute atomic E-state index is 0.790. The fourth-order valence-electron chi connectivity index (χ4n) is 2.53. The molecule has 0 atom stereocenters. The minimum Gasteiger partial charge on any atom is -0.493 e. The van der Waals surface area contributed by atoms with Crippen LogP contribution in [0.2, 0.25) is 0 Å². The van der Waals surface area contributed by atoms with Crippen LogP contribution >= 0.6 is 11.9 Å². The Morgan fingerprint density at radius 2 is 2.10 bits per heavy atom. The SMILES string of the molecule is C1=CN2CCSN=C2C(c2ccc(OCC3CC3)cc2)=C1. The molecule has 4 rings (SSSR count). The zero-order valence-corrected chi connectivity index (χ0v) is 12.7. The van der Waals surface area contributed by atoms with Gasteiger partial charge in [-0.05, 0) is 60.6 Å². The van der Waals surface area contributed by atoms with Crippen LogP contribution in [-0.4, -0.2) is 29.6 Å². The van der Waals surface area contributed by atoms with Crippen LogP contribution in [0.3, 0.4) is 0 Å². The quantitative estimate of drug-likeness (QED) is 0.791. The molecule has 1 fully saturated rings. The van der Waals surface area contributed by atoms with E-state index in [4.69, 9.17) is 4.74 Å². The molecule has 2 heterocycles. The van der Waals surface area contributed by atoms with Crippen LogP contribution in [0.25, 0.3) is 5.57 Å². The maximum Gasteiger partial charge on any atom is 0.148 e. The number of hydrogen-bond donors (Lipinski definition) is 0. The molecular weight excluding hydrogens is 280 g/mol. The second-order valence-corrected chi connectivity index (χ2v) is 6.49. The fourth-order valence-corrected chi connectivity index (χ4v) is 3.22. The summed E-state index contributed by atoms with van der Waals surface area (Å²) >= 11 is 1.65. The van der Waals surface area contributed by atoms with Gasteiger partial charge in [0.25, 0.3) is 0 Å². The summed E-state index contributed by atoms with van der Waals surface area (Å²) in [7, 11) is 0. The van der Waals surface area contributed by atoms with Crippen LogP contribution in [0.5, 0.6) is 5.75 Å². The van der Waals surface area contributed by atoms with Crippen LogP contribution in [-0.2, 0) is 0 Å². The van der Waals surface area contributed by atoms with Gasteiger partial charge in [0.05, 0.1) is 6.61 Å². The molecular formula is C17H18N2OS. The van der Waals surface area contributed by atoms with Gasteiger partial charge in [0.2, 0.25) is 0 Å². The lowest BCUT2D eigenvalue weighted by molar-refractivity contribution is 0.300. The minimum atomic E-state index is 0.790. The Bertz CT molecular complexity index is 614. The van der Waals surface area contributed by atoms with E-state index in [1.807, 2.05) is 0 Å². The van der Waals surface area contributed by atoms with E-state index >= 15 is 0 Å².